The van der Waals surface area contributed by atoms with Gasteiger partial charge in [-0.1, -0.05) is 19.1 Å². The van der Waals surface area contributed by atoms with Crippen LogP contribution >= 0.6 is 0 Å². The predicted molar refractivity (Wildman–Crippen MR) is 107 cm³/mol. The lowest BCUT2D eigenvalue weighted by Crippen LogP contribution is -2.47. The second-order valence-electron chi connectivity index (χ2n) is 7.69. The quantitative estimate of drug-likeness (QED) is 0.695. The molecule has 1 aromatic carbocycles. The predicted octanol–water partition coefficient (Wildman–Crippen LogP) is 2.29. The number of aromatic nitrogens is 2. The average Bonchev–Trinajstić information content (AvgIpc) is 3.33. The number of benzene rings is 1. The molecule has 2 N–H and O–H groups in total. The van der Waals surface area contributed by atoms with Gasteiger partial charge >= 0.3 is 6.18 Å². The van der Waals surface area contributed by atoms with E-state index in [2.05, 4.69) is 10.3 Å². The summed E-state index contributed by atoms with van der Waals surface area (Å²) in [5.41, 5.74) is -1.40. The summed E-state index contributed by atoms with van der Waals surface area (Å²) in [5, 5.41) is 12.8. The first kappa shape index (κ1) is 22.8. The van der Waals surface area contributed by atoms with Crippen molar-refractivity contribution in [3.63, 3.8) is 0 Å². The number of halogens is 3. The highest BCUT2D eigenvalue weighted by Crippen LogP contribution is 2.40. The van der Waals surface area contributed by atoms with Gasteiger partial charge in [-0.25, -0.2) is 4.98 Å². The number of alkyl halides is 3. The second-order valence-corrected chi connectivity index (χ2v) is 7.69. The number of hydrogen-bond acceptors (Lipinski definition) is 4. The molecule has 2 aromatic rings. The Bertz CT molecular complexity index is 942. The fourth-order valence-corrected chi connectivity index (χ4v) is 3.70. The first-order valence-corrected chi connectivity index (χ1v) is 10.0. The molecule has 10 heteroatoms. The molecule has 0 bridgehead atoms. The molecule has 0 spiro atoms. The number of hydrogen-bond donors (Lipinski definition) is 2. The smallest absolute Gasteiger partial charge is 0.374 e. The SMILES string of the molecule is CCc1ccc(N2CC(C(=O)NCCC(O)(c3nccn3C)C(F)(F)F)CC2=O)cc1. The lowest BCUT2D eigenvalue weighted by molar-refractivity contribution is -0.272. The Morgan fingerprint density at radius 1 is 1.29 bits per heavy atom. The van der Waals surface area contributed by atoms with Crippen LogP contribution in [0.1, 0.15) is 31.2 Å². The zero-order valence-electron chi connectivity index (χ0n) is 17.3. The Morgan fingerprint density at radius 2 is 1.97 bits per heavy atom. The van der Waals surface area contributed by atoms with Crippen LogP contribution in [0.15, 0.2) is 36.7 Å². The Hall–Kier alpha value is -2.88. The van der Waals surface area contributed by atoms with Crippen molar-refractivity contribution in [3.8, 4) is 0 Å². The fraction of sp³-hybridized carbons (Fsp3) is 0.476. The number of amides is 2. The number of anilines is 1. The van der Waals surface area contributed by atoms with E-state index in [1.807, 2.05) is 31.2 Å². The number of imidazole rings is 1. The van der Waals surface area contributed by atoms with Crippen molar-refractivity contribution in [1.82, 2.24) is 14.9 Å². The van der Waals surface area contributed by atoms with Gasteiger partial charge in [0.1, 0.15) is 5.82 Å². The van der Waals surface area contributed by atoms with Gasteiger partial charge in [-0.2, -0.15) is 13.2 Å². The van der Waals surface area contributed by atoms with E-state index in [9.17, 15) is 27.9 Å². The van der Waals surface area contributed by atoms with E-state index in [4.69, 9.17) is 0 Å². The monoisotopic (exact) mass is 438 g/mol. The molecule has 1 aromatic heterocycles. The topological polar surface area (TPSA) is 87.5 Å². The average molecular weight is 438 g/mol. The number of carbonyl (C=O) groups is 2. The molecule has 0 saturated carbocycles. The lowest BCUT2D eigenvalue weighted by atomic mass is 9.97. The summed E-state index contributed by atoms with van der Waals surface area (Å²) < 4.78 is 41.7. The maximum atomic E-state index is 13.5. The zero-order valence-corrected chi connectivity index (χ0v) is 17.3. The Morgan fingerprint density at radius 3 is 2.52 bits per heavy atom. The third-order valence-corrected chi connectivity index (χ3v) is 5.60. The van der Waals surface area contributed by atoms with Crippen LogP contribution in [0.2, 0.25) is 0 Å². The van der Waals surface area contributed by atoms with Crippen LogP contribution in [0.25, 0.3) is 0 Å². The lowest BCUT2D eigenvalue weighted by Gasteiger charge is -2.30. The fourth-order valence-electron chi connectivity index (χ4n) is 3.70. The van der Waals surface area contributed by atoms with Gasteiger partial charge < -0.3 is 19.9 Å². The Labute approximate surface area is 177 Å². The minimum atomic E-state index is -4.97. The summed E-state index contributed by atoms with van der Waals surface area (Å²) in [4.78, 5) is 30.0. The molecule has 1 aliphatic heterocycles. The molecular weight excluding hydrogens is 413 g/mol. The van der Waals surface area contributed by atoms with Gasteiger partial charge in [-0.05, 0) is 24.1 Å². The first-order valence-electron chi connectivity index (χ1n) is 10.0. The summed E-state index contributed by atoms with van der Waals surface area (Å²) in [6.45, 7) is 1.75. The van der Waals surface area contributed by atoms with Crippen molar-refractivity contribution in [2.45, 2.75) is 38.0 Å². The molecule has 1 saturated heterocycles. The molecule has 7 nitrogen and oxygen atoms in total. The summed E-state index contributed by atoms with van der Waals surface area (Å²) in [6, 6.07) is 7.44. The van der Waals surface area contributed by atoms with E-state index in [1.54, 1.807) is 0 Å². The molecule has 168 valence electrons. The minimum absolute atomic E-state index is 0.0235. The van der Waals surface area contributed by atoms with E-state index < -0.39 is 42.4 Å². The highest BCUT2D eigenvalue weighted by Gasteiger charge is 2.57. The number of rotatable bonds is 7. The molecule has 1 aliphatic rings. The van der Waals surface area contributed by atoms with Gasteiger partial charge in [0.05, 0.1) is 5.92 Å². The van der Waals surface area contributed by atoms with E-state index in [1.165, 1.54) is 18.1 Å². The van der Waals surface area contributed by atoms with Crippen molar-refractivity contribution in [2.24, 2.45) is 13.0 Å². The van der Waals surface area contributed by atoms with Crippen molar-refractivity contribution >= 4 is 17.5 Å². The van der Waals surface area contributed by atoms with Crippen LogP contribution < -0.4 is 10.2 Å². The number of carbonyl (C=O) groups excluding carboxylic acids is 2. The van der Waals surface area contributed by atoms with E-state index in [0.717, 1.165) is 22.7 Å². The van der Waals surface area contributed by atoms with Gasteiger partial charge in [-0.15, -0.1) is 0 Å². The van der Waals surface area contributed by atoms with Gasteiger partial charge in [0.2, 0.25) is 17.4 Å². The maximum Gasteiger partial charge on any atom is 0.424 e. The van der Waals surface area contributed by atoms with Gasteiger partial charge in [0.25, 0.3) is 0 Å². The summed E-state index contributed by atoms with van der Waals surface area (Å²) in [6.07, 6.45) is -2.46. The first-order chi connectivity index (χ1) is 14.6. The molecule has 0 radical (unpaired) electrons. The molecular formula is C21H25F3N4O3. The summed E-state index contributed by atoms with van der Waals surface area (Å²) in [5.74, 6) is -1.97. The van der Waals surface area contributed by atoms with Gasteiger partial charge in [0.15, 0.2) is 0 Å². The van der Waals surface area contributed by atoms with E-state index in [0.29, 0.717) is 5.69 Å². The normalized spacial score (nSPS) is 18.8. The number of aryl methyl sites for hydroxylation is 2. The summed E-state index contributed by atoms with van der Waals surface area (Å²) in [7, 11) is 1.35. The van der Waals surface area contributed by atoms with Crippen molar-refractivity contribution in [2.75, 3.05) is 18.0 Å². The zero-order chi connectivity index (χ0) is 22.8. The third-order valence-electron chi connectivity index (χ3n) is 5.60. The van der Waals surface area contributed by atoms with Crippen LogP contribution in [-0.2, 0) is 28.7 Å². The summed E-state index contributed by atoms with van der Waals surface area (Å²) >= 11 is 0. The standard InChI is InChI=1S/C21H25F3N4O3/c1-3-14-4-6-16(7-5-14)28-13-15(12-17(28)29)18(30)25-9-8-20(31,21(22,23)24)19-26-10-11-27(19)2/h4-7,10-11,15,31H,3,8-9,12-13H2,1-2H3,(H,25,30). The van der Waals surface area contributed by atoms with Crippen LogP contribution in [-0.4, -0.2) is 45.7 Å². The van der Waals surface area contributed by atoms with Crippen LogP contribution in [0.3, 0.4) is 0 Å². The molecule has 0 aliphatic carbocycles. The molecule has 2 amide bonds. The van der Waals surface area contributed by atoms with Crippen LogP contribution in [0.5, 0.6) is 0 Å². The highest BCUT2D eigenvalue weighted by atomic mass is 19.4. The van der Waals surface area contributed by atoms with Crippen LogP contribution in [0.4, 0.5) is 18.9 Å². The van der Waals surface area contributed by atoms with Crippen molar-refractivity contribution in [3.05, 3.63) is 48.0 Å². The molecule has 2 unspecified atom stereocenters. The maximum absolute atomic E-state index is 13.5. The second kappa shape index (κ2) is 8.70. The molecule has 1 fully saturated rings. The molecule has 31 heavy (non-hydrogen) atoms. The van der Waals surface area contributed by atoms with Crippen LogP contribution in [0, 0.1) is 5.92 Å². The Balaban J connectivity index is 1.61. The number of nitrogens with one attached hydrogen (secondary N) is 1. The number of aliphatic hydroxyl groups is 1. The van der Waals surface area contributed by atoms with E-state index >= 15 is 0 Å². The van der Waals surface area contributed by atoms with Gasteiger partial charge in [0, 0.05) is 51.1 Å². The van der Waals surface area contributed by atoms with E-state index in [-0.39, 0.29) is 18.9 Å². The van der Waals surface area contributed by atoms with Gasteiger partial charge in [-0.3, -0.25) is 9.59 Å². The Kier molecular flexibility index (Phi) is 6.40. The molecule has 2 heterocycles. The molecule has 3 rings (SSSR count). The van der Waals surface area contributed by atoms with Crippen molar-refractivity contribution in [1.29, 1.82) is 0 Å². The minimum Gasteiger partial charge on any atom is -0.374 e. The van der Waals surface area contributed by atoms with Crippen molar-refractivity contribution < 1.29 is 27.9 Å². The number of nitrogens with zero attached hydrogens (tertiary/aromatic N) is 3. The third kappa shape index (κ3) is 4.58. The highest BCUT2D eigenvalue weighted by molar-refractivity contribution is 6.00. The molecule has 2 atom stereocenters. The largest absolute Gasteiger partial charge is 0.424 e.